The summed E-state index contributed by atoms with van der Waals surface area (Å²) in [5, 5.41) is 4.50. The lowest BCUT2D eigenvalue weighted by atomic mass is 10.2. The van der Waals surface area contributed by atoms with Gasteiger partial charge in [-0.25, -0.2) is 18.2 Å². The van der Waals surface area contributed by atoms with Gasteiger partial charge in [-0.1, -0.05) is 0 Å². The molecule has 0 spiro atoms. The maximum Gasteiger partial charge on any atom is 0.412 e. The topological polar surface area (TPSA) is 97.4 Å². The van der Waals surface area contributed by atoms with Gasteiger partial charge < -0.3 is 4.74 Å². The molecule has 2 aromatic rings. The minimum Gasteiger partial charge on any atom is -0.444 e. The number of ether oxygens (including phenoxy) is 1. The van der Waals surface area contributed by atoms with E-state index in [1.165, 1.54) is 41.8 Å². The van der Waals surface area contributed by atoms with E-state index >= 15 is 0 Å². The Bertz CT molecular complexity index is 763. The Morgan fingerprint density at radius 3 is 2.39 bits per heavy atom. The lowest BCUT2D eigenvalue weighted by Crippen LogP contribution is -2.27. The largest absolute Gasteiger partial charge is 0.444 e. The fourth-order valence-electron chi connectivity index (χ4n) is 1.59. The molecule has 0 unspecified atom stereocenters. The highest BCUT2D eigenvalue weighted by Crippen LogP contribution is 2.20. The Labute approximate surface area is 138 Å². The number of carbonyl (C=O) groups is 1. The third-order valence-electron chi connectivity index (χ3n) is 2.46. The van der Waals surface area contributed by atoms with Gasteiger partial charge in [-0.05, 0) is 45.0 Å². The van der Waals surface area contributed by atoms with Gasteiger partial charge in [0, 0.05) is 17.3 Å². The van der Waals surface area contributed by atoms with Gasteiger partial charge >= 0.3 is 6.09 Å². The molecule has 23 heavy (non-hydrogen) atoms. The van der Waals surface area contributed by atoms with Gasteiger partial charge in [-0.3, -0.25) is 10.0 Å². The summed E-state index contributed by atoms with van der Waals surface area (Å²) in [6.07, 6.45) is 0.908. The fraction of sp³-hybridized carbons (Fsp3) is 0.286. The Morgan fingerprint density at radius 1 is 1.22 bits per heavy atom. The van der Waals surface area contributed by atoms with Crippen LogP contribution in [0.3, 0.4) is 0 Å². The SMILES string of the molecule is CC(C)(C)OC(=O)Nc1ccc(S(=O)(=O)Nc2nccs2)cc1. The molecule has 0 radical (unpaired) electrons. The lowest BCUT2D eigenvalue weighted by molar-refractivity contribution is 0.0636. The summed E-state index contributed by atoms with van der Waals surface area (Å²) >= 11 is 1.19. The van der Waals surface area contributed by atoms with E-state index in [0.29, 0.717) is 10.8 Å². The number of carbonyl (C=O) groups excluding carboxylic acids is 1. The molecule has 1 aromatic carbocycles. The molecule has 1 aromatic heterocycles. The summed E-state index contributed by atoms with van der Waals surface area (Å²) < 4.78 is 31.8. The molecule has 2 N–H and O–H groups in total. The summed E-state index contributed by atoms with van der Waals surface area (Å²) in [6, 6.07) is 5.76. The van der Waals surface area contributed by atoms with Crippen LogP contribution in [0.2, 0.25) is 0 Å². The number of rotatable bonds is 4. The fourth-order valence-corrected chi connectivity index (χ4v) is 3.38. The number of hydrogen-bond acceptors (Lipinski definition) is 6. The molecular weight excluding hydrogens is 338 g/mol. The van der Waals surface area contributed by atoms with E-state index in [4.69, 9.17) is 4.74 Å². The summed E-state index contributed by atoms with van der Waals surface area (Å²) in [6.45, 7) is 5.27. The number of benzene rings is 1. The molecule has 7 nitrogen and oxygen atoms in total. The second-order valence-corrected chi connectivity index (χ2v) is 8.17. The first-order valence-electron chi connectivity index (χ1n) is 6.68. The van der Waals surface area contributed by atoms with Gasteiger partial charge in [-0.2, -0.15) is 0 Å². The Kier molecular flexibility index (Phi) is 4.90. The molecule has 0 atom stereocenters. The van der Waals surface area contributed by atoms with Crippen LogP contribution in [-0.4, -0.2) is 25.1 Å². The average Bonchev–Trinajstić information content (AvgIpc) is 2.89. The normalized spacial score (nSPS) is 11.8. The number of anilines is 2. The molecule has 0 fully saturated rings. The molecule has 1 heterocycles. The average molecular weight is 355 g/mol. The van der Waals surface area contributed by atoms with Crippen LogP contribution in [0.4, 0.5) is 15.6 Å². The van der Waals surface area contributed by atoms with Gasteiger partial charge in [0.1, 0.15) is 5.60 Å². The van der Waals surface area contributed by atoms with E-state index in [-0.39, 0.29) is 4.90 Å². The van der Waals surface area contributed by atoms with Crippen molar-refractivity contribution in [1.82, 2.24) is 4.98 Å². The van der Waals surface area contributed by atoms with E-state index in [9.17, 15) is 13.2 Å². The second-order valence-electron chi connectivity index (χ2n) is 5.59. The van der Waals surface area contributed by atoms with Gasteiger partial charge in [0.15, 0.2) is 5.13 Å². The highest BCUT2D eigenvalue weighted by atomic mass is 32.2. The van der Waals surface area contributed by atoms with Crippen molar-refractivity contribution in [2.24, 2.45) is 0 Å². The molecule has 0 aliphatic carbocycles. The molecule has 1 amide bonds. The van der Waals surface area contributed by atoms with Crippen molar-refractivity contribution in [3.8, 4) is 0 Å². The maximum absolute atomic E-state index is 12.2. The van der Waals surface area contributed by atoms with E-state index in [0.717, 1.165) is 0 Å². The molecule has 0 aliphatic heterocycles. The molecule has 0 saturated heterocycles. The van der Waals surface area contributed by atoms with Gasteiger partial charge in [-0.15, -0.1) is 11.3 Å². The van der Waals surface area contributed by atoms with Crippen LogP contribution >= 0.6 is 11.3 Å². The molecule has 0 aliphatic rings. The van der Waals surface area contributed by atoms with E-state index < -0.39 is 21.7 Å². The van der Waals surface area contributed by atoms with Crippen LogP contribution in [0.5, 0.6) is 0 Å². The van der Waals surface area contributed by atoms with Crippen LogP contribution in [0.15, 0.2) is 40.7 Å². The monoisotopic (exact) mass is 355 g/mol. The van der Waals surface area contributed by atoms with Gasteiger partial charge in [0.25, 0.3) is 10.0 Å². The van der Waals surface area contributed by atoms with Crippen molar-refractivity contribution in [2.75, 3.05) is 10.0 Å². The minimum absolute atomic E-state index is 0.0717. The Hall–Kier alpha value is -2.13. The first-order chi connectivity index (χ1) is 10.7. The van der Waals surface area contributed by atoms with Crippen LogP contribution in [0, 0.1) is 0 Å². The van der Waals surface area contributed by atoms with Crippen molar-refractivity contribution in [2.45, 2.75) is 31.3 Å². The molecule has 9 heteroatoms. The first-order valence-corrected chi connectivity index (χ1v) is 9.04. The summed E-state index contributed by atoms with van der Waals surface area (Å²) in [5.41, 5.74) is -0.169. The van der Waals surface area contributed by atoms with Crippen molar-refractivity contribution in [1.29, 1.82) is 0 Å². The van der Waals surface area contributed by atoms with E-state index in [2.05, 4.69) is 15.0 Å². The first kappa shape index (κ1) is 17.2. The highest BCUT2D eigenvalue weighted by molar-refractivity contribution is 7.93. The third-order valence-corrected chi connectivity index (χ3v) is 4.64. The standard InChI is InChI=1S/C14H17N3O4S2/c1-14(2,3)21-13(18)16-10-4-6-11(7-5-10)23(19,20)17-12-15-8-9-22-12/h4-9H,1-3H3,(H,15,17)(H,16,18). The number of sulfonamides is 1. The molecular formula is C14H17N3O4S2. The lowest BCUT2D eigenvalue weighted by Gasteiger charge is -2.19. The third kappa shape index (κ3) is 5.22. The maximum atomic E-state index is 12.2. The van der Waals surface area contributed by atoms with Crippen LogP contribution in [-0.2, 0) is 14.8 Å². The molecule has 2 rings (SSSR count). The number of hydrogen-bond donors (Lipinski definition) is 2. The Balaban J connectivity index is 2.06. The molecule has 0 saturated carbocycles. The number of thiazole rings is 1. The number of amides is 1. The van der Waals surface area contributed by atoms with Crippen molar-refractivity contribution in [3.63, 3.8) is 0 Å². The highest BCUT2D eigenvalue weighted by Gasteiger charge is 2.18. The van der Waals surface area contributed by atoms with Crippen LogP contribution < -0.4 is 10.0 Å². The molecule has 0 bridgehead atoms. The van der Waals surface area contributed by atoms with E-state index in [1.54, 1.807) is 26.2 Å². The summed E-state index contributed by atoms with van der Waals surface area (Å²) in [7, 11) is -3.70. The zero-order valence-electron chi connectivity index (χ0n) is 12.9. The predicted octanol–water partition coefficient (Wildman–Crippen LogP) is 3.29. The minimum atomic E-state index is -3.70. The van der Waals surface area contributed by atoms with Crippen molar-refractivity contribution < 1.29 is 17.9 Å². The van der Waals surface area contributed by atoms with Crippen molar-refractivity contribution in [3.05, 3.63) is 35.8 Å². The summed E-state index contributed by atoms with van der Waals surface area (Å²) in [5.74, 6) is 0. The number of nitrogens with zero attached hydrogens (tertiary/aromatic N) is 1. The van der Waals surface area contributed by atoms with Crippen molar-refractivity contribution >= 4 is 38.3 Å². The quantitative estimate of drug-likeness (QED) is 0.877. The second kappa shape index (κ2) is 6.55. The zero-order chi connectivity index (χ0) is 17.1. The zero-order valence-corrected chi connectivity index (χ0v) is 14.5. The smallest absolute Gasteiger partial charge is 0.412 e. The Morgan fingerprint density at radius 2 is 1.87 bits per heavy atom. The van der Waals surface area contributed by atoms with Gasteiger partial charge in [0.2, 0.25) is 0 Å². The van der Waals surface area contributed by atoms with Crippen LogP contribution in [0.1, 0.15) is 20.8 Å². The summed E-state index contributed by atoms with van der Waals surface area (Å²) in [4.78, 5) is 15.6. The predicted molar refractivity (Wildman–Crippen MR) is 89.2 cm³/mol. The van der Waals surface area contributed by atoms with E-state index in [1.807, 2.05) is 0 Å². The number of nitrogens with one attached hydrogen (secondary N) is 2. The van der Waals surface area contributed by atoms with Crippen LogP contribution in [0.25, 0.3) is 0 Å². The molecule has 124 valence electrons. The number of aromatic nitrogens is 1. The van der Waals surface area contributed by atoms with Gasteiger partial charge in [0.05, 0.1) is 4.90 Å².